The summed E-state index contributed by atoms with van der Waals surface area (Å²) >= 11 is 4.78. The maximum absolute atomic E-state index is 11.5. The lowest BCUT2D eigenvalue weighted by molar-refractivity contribution is -0.137. The van der Waals surface area contributed by atoms with E-state index in [-0.39, 0.29) is 6.42 Å². The molecule has 0 spiro atoms. The summed E-state index contributed by atoms with van der Waals surface area (Å²) in [5.41, 5.74) is 2.30. The molecule has 0 saturated carbocycles. The monoisotopic (exact) mass is 349 g/mol. The summed E-state index contributed by atoms with van der Waals surface area (Å²) in [5, 5.41) is 8.98. The number of pyridine rings is 1. The number of thiol groups is 1. The van der Waals surface area contributed by atoms with E-state index < -0.39 is 16.6 Å². The zero-order valence-electron chi connectivity index (χ0n) is 13.6. The van der Waals surface area contributed by atoms with Gasteiger partial charge in [-0.25, -0.2) is 0 Å². The summed E-state index contributed by atoms with van der Waals surface area (Å²) in [6.45, 7) is 0. The van der Waals surface area contributed by atoms with Gasteiger partial charge in [-0.15, -0.1) is 0 Å². The molecular formula is C21H19NO2S. The maximum Gasteiger partial charge on any atom is 0.304 e. The number of benzene rings is 2. The van der Waals surface area contributed by atoms with Crippen LogP contribution < -0.4 is 0 Å². The van der Waals surface area contributed by atoms with E-state index >= 15 is 0 Å². The fourth-order valence-corrected chi connectivity index (χ4v) is 4.02. The summed E-state index contributed by atoms with van der Waals surface area (Å²) in [6, 6.07) is 23.8. The van der Waals surface area contributed by atoms with Gasteiger partial charge >= 0.3 is 5.97 Å². The number of nitrogens with zero attached hydrogens (tertiary/aromatic N) is 1. The average molecular weight is 349 g/mol. The highest BCUT2D eigenvalue weighted by Gasteiger charge is 2.42. The van der Waals surface area contributed by atoms with Crippen molar-refractivity contribution in [3.8, 4) is 0 Å². The van der Waals surface area contributed by atoms with Gasteiger partial charge in [-0.1, -0.05) is 60.7 Å². The van der Waals surface area contributed by atoms with Crippen LogP contribution in [0.5, 0.6) is 0 Å². The van der Waals surface area contributed by atoms with E-state index in [4.69, 9.17) is 12.6 Å². The summed E-state index contributed by atoms with van der Waals surface area (Å²) in [7, 11) is 0. The lowest BCUT2D eigenvalue weighted by Crippen LogP contribution is -2.40. The van der Waals surface area contributed by atoms with Crippen LogP contribution in [-0.2, 0) is 10.2 Å². The summed E-state index contributed by atoms with van der Waals surface area (Å²) in [4.78, 5) is 15.6. The van der Waals surface area contributed by atoms with Crippen LogP contribution in [0.4, 0.5) is 0 Å². The summed E-state index contributed by atoms with van der Waals surface area (Å²) in [5.74, 6) is -0.870. The van der Waals surface area contributed by atoms with Crippen molar-refractivity contribution >= 4 is 18.6 Å². The van der Waals surface area contributed by atoms with Gasteiger partial charge in [-0.05, 0) is 28.8 Å². The Kier molecular flexibility index (Phi) is 5.19. The number of aromatic nitrogens is 1. The van der Waals surface area contributed by atoms with E-state index in [0.29, 0.717) is 0 Å². The van der Waals surface area contributed by atoms with Gasteiger partial charge in [0.05, 0.1) is 11.8 Å². The molecule has 0 aliphatic heterocycles. The molecule has 1 aromatic heterocycles. The van der Waals surface area contributed by atoms with Crippen molar-refractivity contribution in [2.75, 3.05) is 0 Å². The van der Waals surface area contributed by atoms with Crippen molar-refractivity contribution in [1.82, 2.24) is 4.98 Å². The van der Waals surface area contributed by atoms with Crippen molar-refractivity contribution in [2.24, 2.45) is 0 Å². The van der Waals surface area contributed by atoms with E-state index in [9.17, 15) is 9.90 Å². The molecule has 0 aliphatic rings. The number of rotatable bonds is 6. The molecule has 1 heterocycles. The third kappa shape index (κ3) is 3.30. The Balaban J connectivity index is 2.33. The molecular weight excluding hydrogens is 330 g/mol. The molecule has 3 aromatic rings. The summed E-state index contributed by atoms with van der Waals surface area (Å²) in [6.07, 6.45) is 3.41. The normalized spacial score (nSPS) is 12.5. The topological polar surface area (TPSA) is 50.2 Å². The second-order valence-electron chi connectivity index (χ2n) is 5.89. The molecule has 3 nitrogen and oxygen atoms in total. The van der Waals surface area contributed by atoms with E-state index in [1.807, 2.05) is 72.8 Å². The zero-order chi connectivity index (χ0) is 17.7. The van der Waals surface area contributed by atoms with Gasteiger partial charge in [-0.2, -0.15) is 12.6 Å². The predicted molar refractivity (Wildman–Crippen MR) is 102 cm³/mol. The fourth-order valence-electron chi connectivity index (χ4n) is 3.41. The Labute approximate surface area is 152 Å². The lowest BCUT2D eigenvalue weighted by Gasteiger charge is -2.40. The Morgan fingerprint density at radius 1 is 0.880 bits per heavy atom. The molecule has 0 radical (unpaired) electrons. The number of carboxylic acid groups (broad SMARTS) is 1. The van der Waals surface area contributed by atoms with Gasteiger partial charge < -0.3 is 5.11 Å². The molecule has 0 fully saturated rings. The Morgan fingerprint density at radius 3 is 1.76 bits per heavy atom. The van der Waals surface area contributed by atoms with Gasteiger partial charge in [0.1, 0.15) is 0 Å². The number of hydrogen-bond donors (Lipinski definition) is 2. The molecule has 0 amide bonds. The van der Waals surface area contributed by atoms with E-state index in [2.05, 4.69) is 4.98 Å². The first-order valence-electron chi connectivity index (χ1n) is 8.07. The van der Waals surface area contributed by atoms with Crippen molar-refractivity contribution in [2.45, 2.75) is 17.1 Å². The predicted octanol–water partition coefficient (Wildman–Crippen LogP) is 4.19. The minimum absolute atomic E-state index is 0.0603. The van der Waals surface area contributed by atoms with Crippen LogP contribution in [0.15, 0.2) is 85.2 Å². The van der Waals surface area contributed by atoms with Crippen LogP contribution in [0, 0.1) is 0 Å². The fraction of sp³-hybridized carbons (Fsp3) is 0.143. The number of carbonyl (C=O) groups is 1. The molecule has 1 unspecified atom stereocenters. The third-order valence-electron chi connectivity index (χ3n) is 4.46. The molecule has 4 heteroatoms. The van der Waals surface area contributed by atoms with Gasteiger partial charge in [0.25, 0.3) is 0 Å². The molecule has 0 aliphatic carbocycles. The van der Waals surface area contributed by atoms with Gasteiger partial charge in [0.2, 0.25) is 0 Å². The standard InChI is InChI=1S/C21H19NO2S/c23-20(24)15-19(25)21(16-7-3-1-4-8-16,17-9-5-2-6-10-17)18-11-13-22-14-12-18/h1-14,19,25H,15H2,(H,23,24). The Hall–Kier alpha value is -2.59. The van der Waals surface area contributed by atoms with Crippen LogP contribution in [0.1, 0.15) is 23.1 Å². The van der Waals surface area contributed by atoms with Crippen LogP contribution in [0.3, 0.4) is 0 Å². The van der Waals surface area contributed by atoms with Crippen molar-refractivity contribution in [1.29, 1.82) is 0 Å². The van der Waals surface area contributed by atoms with E-state index in [0.717, 1.165) is 16.7 Å². The maximum atomic E-state index is 11.5. The first-order chi connectivity index (χ1) is 12.2. The van der Waals surface area contributed by atoms with Gasteiger partial charge in [-0.3, -0.25) is 9.78 Å². The Bertz CT molecular complexity index is 726. The van der Waals surface area contributed by atoms with E-state index in [1.165, 1.54) is 0 Å². The summed E-state index contributed by atoms with van der Waals surface area (Å²) < 4.78 is 0. The molecule has 0 bridgehead atoms. The Morgan fingerprint density at radius 2 is 1.32 bits per heavy atom. The molecule has 1 N–H and O–H groups in total. The first kappa shape index (κ1) is 17.2. The van der Waals surface area contributed by atoms with Crippen LogP contribution in [0.25, 0.3) is 0 Å². The largest absolute Gasteiger partial charge is 0.481 e. The van der Waals surface area contributed by atoms with E-state index in [1.54, 1.807) is 12.4 Å². The SMILES string of the molecule is O=C(O)CC(S)C(c1ccccc1)(c1ccccc1)c1ccncc1. The molecule has 25 heavy (non-hydrogen) atoms. The average Bonchev–Trinajstić information content (AvgIpc) is 2.64. The number of aliphatic carboxylic acids is 1. The van der Waals surface area contributed by atoms with Crippen LogP contribution in [0.2, 0.25) is 0 Å². The van der Waals surface area contributed by atoms with Gasteiger partial charge in [0.15, 0.2) is 0 Å². The van der Waals surface area contributed by atoms with Crippen molar-refractivity contribution < 1.29 is 9.90 Å². The second-order valence-corrected chi connectivity index (χ2v) is 6.51. The van der Waals surface area contributed by atoms with Crippen molar-refractivity contribution in [3.63, 3.8) is 0 Å². The minimum atomic E-state index is -0.870. The van der Waals surface area contributed by atoms with Gasteiger partial charge in [0, 0.05) is 17.6 Å². The molecule has 3 rings (SSSR count). The molecule has 1 atom stereocenters. The number of hydrogen-bond acceptors (Lipinski definition) is 3. The highest BCUT2D eigenvalue weighted by Crippen LogP contribution is 2.45. The minimum Gasteiger partial charge on any atom is -0.481 e. The van der Waals surface area contributed by atoms with Crippen molar-refractivity contribution in [3.05, 3.63) is 102 Å². The van der Waals surface area contributed by atoms with Crippen LogP contribution in [-0.4, -0.2) is 21.3 Å². The smallest absolute Gasteiger partial charge is 0.304 e. The lowest BCUT2D eigenvalue weighted by atomic mass is 9.66. The van der Waals surface area contributed by atoms with Crippen LogP contribution >= 0.6 is 12.6 Å². The first-order valence-corrected chi connectivity index (χ1v) is 8.58. The quantitative estimate of drug-likeness (QED) is 0.656. The number of carboxylic acids is 1. The highest BCUT2D eigenvalue weighted by molar-refractivity contribution is 7.81. The molecule has 126 valence electrons. The second kappa shape index (κ2) is 7.53. The third-order valence-corrected chi connectivity index (χ3v) is 5.03. The zero-order valence-corrected chi connectivity index (χ0v) is 14.5. The molecule has 2 aromatic carbocycles. The molecule has 0 saturated heterocycles. The highest BCUT2D eigenvalue weighted by atomic mass is 32.1.